The van der Waals surface area contributed by atoms with Crippen LogP contribution in [0.15, 0.2) is 67.0 Å². The molecular formula is C23H23N5O2. The number of nitrogens with zero attached hydrogens (tertiary/aromatic N) is 4. The van der Waals surface area contributed by atoms with E-state index in [1.807, 2.05) is 60.7 Å². The summed E-state index contributed by atoms with van der Waals surface area (Å²) in [5.74, 6) is 0.438. The van der Waals surface area contributed by atoms with Crippen molar-refractivity contribution >= 4 is 17.2 Å². The van der Waals surface area contributed by atoms with E-state index in [0.717, 1.165) is 11.3 Å². The Balaban J connectivity index is 1.39. The SMILES string of the molecule is CC(C)(C)c1ccc(OCC(=O)Nc2cccc(-c3ccc4nncn4n3)c2)cc1. The van der Waals surface area contributed by atoms with Gasteiger partial charge in [-0.2, -0.15) is 9.61 Å². The lowest BCUT2D eigenvalue weighted by atomic mass is 9.87. The first kappa shape index (κ1) is 19.6. The Bertz CT molecular complexity index is 1180. The van der Waals surface area contributed by atoms with E-state index in [0.29, 0.717) is 17.1 Å². The Hall–Kier alpha value is -3.74. The van der Waals surface area contributed by atoms with Gasteiger partial charge < -0.3 is 10.1 Å². The molecule has 1 N–H and O–H groups in total. The van der Waals surface area contributed by atoms with Crippen LogP contribution >= 0.6 is 0 Å². The van der Waals surface area contributed by atoms with Crippen LogP contribution in [0.2, 0.25) is 0 Å². The molecule has 0 radical (unpaired) electrons. The fourth-order valence-corrected chi connectivity index (χ4v) is 3.04. The first-order valence-corrected chi connectivity index (χ1v) is 9.69. The number of nitrogens with one attached hydrogen (secondary N) is 1. The standard InChI is InChI=1S/C23H23N5O2/c1-23(2,3)17-7-9-19(10-8-17)30-14-22(29)25-18-6-4-5-16(13-18)20-11-12-21-26-24-15-28(21)27-20/h4-13,15H,14H2,1-3H3,(H,25,29). The van der Waals surface area contributed by atoms with E-state index in [2.05, 4.69) is 41.4 Å². The summed E-state index contributed by atoms with van der Waals surface area (Å²) in [6.07, 6.45) is 1.55. The lowest BCUT2D eigenvalue weighted by Crippen LogP contribution is -2.20. The monoisotopic (exact) mass is 401 g/mol. The van der Waals surface area contributed by atoms with Gasteiger partial charge in [0.2, 0.25) is 0 Å². The van der Waals surface area contributed by atoms with E-state index < -0.39 is 0 Å². The maximum absolute atomic E-state index is 12.3. The summed E-state index contributed by atoms with van der Waals surface area (Å²) in [7, 11) is 0. The predicted octanol–water partition coefficient (Wildman–Crippen LogP) is 4.11. The molecule has 7 heteroatoms. The largest absolute Gasteiger partial charge is 0.484 e. The van der Waals surface area contributed by atoms with E-state index in [9.17, 15) is 4.79 Å². The normalized spacial score (nSPS) is 11.4. The third-order valence-electron chi connectivity index (χ3n) is 4.69. The molecule has 2 aromatic heterocycles. The van der Waals surface area contributed by atoms with Crippen molar-refractivity contribution < 1.29 is 9.53 Å². The number of hydrogen-bond donors (Lipinski definition) is 1. The fourth-order valence-electron chi connectivity index (χ4n) is 3.04. The lowest BCUT2D eigenvalue weighted by molar-refractivity contribution is -0.118. The van der Waals surface area contributed by atoms with Gasteiger partial charge in [-0.3, -0.25) is 4.79 Å². The molecular weight excluding hydrogens is 378 g/mol. The van der Waals surface area contributed by atoms with Crippen LogP contribution < -0.4 is 10.1 Å². The van der Waals surface area contributed by atoms with Gasteiger partial charge in [-0.25, -0.2) is 0 Å². The Morgan fingerprint density at radius 2 is 1.87 bits per heavy atom. The molecule has 0 bridgehead atoms. The van der Waals surface area contributed by atoms with Crippen molar-refractivity contribution in [2.24, 2.45) is 0 Å². The molecule has 1 amide bonds. The quantitative estimate of drug-likeness (QED) is 0.544. The summed E-state index contributed by atoms with van der Waals surface area (Å²) in [6, 6.07) is 19.0. The van der Waals surface area contributed by atoms with Crippen LogP contribution in [0.4, 0.5) is 5.69 Å². The molecule has 0 atom stereocenters. The number of rotatable bonds is 5. The van der Waals surface area contributed by atoms with Gasteiger partial charge in [0.15, 0.2) is 12.3 Å². The molecule has 0 fully saturated rings. The third kappa shape index (κ3) is 4.46. The minimum Gasteiger partial charge on any atom is -0.484 e. The zero-order chi connectivity index (χ0) is 21.1. The van der Waals surface area contributed by atoms with Gasteiger partial charge in [-0.1, -0.05) is 45.0 Å². The summed E-state index contributed by atoms with van der Waals surface area (Å²) in [5, 5.41) is 15.1. The first-order valence-electron chi connectivity index (χ1n) is 9.69. The summed E-state index contributed by atoms with van der Waals surface area (Å²) >= 11 is 0. The smallest absolute Gasteiger partial charge is 0.262 e. The van der Waals surface area contributed by atoms with E-state index in [-0.39, 0.29) is 17.9 Å². The fraction of sp³-hybridized carbons (Fsp3) is 0.217. The molecule has 0 unspecified atom stereocenters. The van der Waals surface area contributed by atoms with Crippen LogP contribution in [-0.2, 0) is 10.2 Å². The number of carbonyl (C=O) groups is 1. The Kier molecular flexibility index (Phi) is 5.18. The minimum atomic E-state index is -0.228. The zero-order valence-corrected chi connectivity index (χ0v) is 17.2. The molecule has 0 aliphatic rings. The van der Waals surface area contributed by atoms with E-state index in [1.54, 1.807) is 10.8 Å². The molecule has 0 aliphatic carbocycles. The van der Waals surface area contributed by atoms with Crippen LogP contribution in [-0.4, -0.2) is 32.3 Å². The van der Waals surface area contributed by atoms with Gasteiger partial charge in [0.1, 0.15) is 12.1 Å². The average Bonchev–Trinajstić information content (AvgIpc) is 3.20. The van der Waals surface area contributed by atoms with Crippen LogP contribution in [0.3, 0.4) is 0 Å². The van der Waals surface area contributed by atoms with Crippen LogP contribution in [0, 0.1) is 0 Å². The number of benzene rings is 2. The molecule has 7 nitrogen and oxygen atoms in total. The Morgan fingerprint density at radius 1 is 1.07 bits per heavy atom. The second kappa shape index (κ2) is 7.94. The molecule has 2 aromatic carbocycles. The summed E-state index contributed by atoms with van der Waals surface area (Å²) < 4.78 is 7.23. The Labute approximate surface area is 174 Å². The number of ether oxygens (including phenoxy) is 1. The number of carbonyl (C=O) groups excluding carboxylic acids is 1. The molecule has 0 aliphatic heterocycles. The molecule has 4 rings (SSSR count). The second-order valence-electron chi connectivity index (χ2n) is 8.04. The van der Waals surface area contributed by atoms with Gasteiger partial charge in [-0.15, -0.1) is 10.2 Å². The van der Waals surface area contributed by atoms with Crippen LogP contribution in [0.5, 0.6) is 5.75 Å². The van der Waals surface area contributed by atoms with Gasteiger partial charge in [0.05, 0.1) is 5.69 Å². The van der Waals surface area contributed by atoms with Crippen molar-refractivity contribution in [3.8, 4) is 17.0 Å². The number of hydrogen-bond acceptors (Lipinski definition) is 5. The highest BCUT2D eigenvalue weighted by Crippen LogP contribution is 2.24. The Morgan fingerprint density at radius 3 is 2.63 bits per heavy atom. The topological polar surface area (TPSA) is 81.4 Å². The first-order chi connectivity index (χ1) is 14.4. The summed E-state index contributed by atoms with van der Waals surface area (Å²) in [4.78, 5) is 12.3. The van der Waals surface area contributed by atoms with Crippen molar-refractivity contribution in [3.63, 3.8) is 0 Å². The number of fused-ring (bicyclic) bond motifs is 1. The number of anilines is 1. The van der Waals surface area contributed by atoms with E-state index in [1.165, 1.54) is 5.56 Å². The lowest BCUT2D eigenvalue weighted by Gasteiger charge is -2.19. The van der Waals surface area contributed by atoms with Crippen molar-refractivity contribution in [1.29, 1.82) is 0 Å². The minimum absolute atomic E-state index is 0.0655. The molecule has 0 spiro atoms. The molecule has 4 aromatic rings. The summed E-state index contributed by atoms with van der Waals surface area (Å²) in [6.45, 7) is 6.41. The van der Waals surface area contributed by atoms with Crippen molar-refractivity contribution in [3.05, 3.63) is 72.6 Å². The van der Waals surface area contributed by atoms with Crippen molar-refractivity contribution in [2.75, 3.05) is 11.9 Å². The van der Waals surface area contributed by atoms with Gasteiger partial charge in [0, 0.05) is 11.3 Å². The molecule has 152 valence electrons. The highest BCUT2D eigenvalue weighted by molar-refractivity contribution is 5.92. The van der Waals surface area contributed by atoms with Gasteiger partial charge >= 0.3 is 0 Å². The van der Waals surface area contributed by atoms with E-state index >= 15 is 0 Å². The van der Waals surface area contributed by atoms with E-state index in [4.69, 9.17) is 4.74 Å². The van der Waals surface area contributed by atoms with Gasteiger partial charge in [0.25, 0.3) is 5.91 Å². The second-order valence-corrected chi connectivity index (χ2v) is 8.04. The number of amides is 1. The van der Waals surface area contributed by atoms with Crippen molar-refractivity contribution in [1.82, 2.24) is 19.8 Å². The maximum Gasteiger partial charge on any atom is 0.262 e. The zero-order valence-electron chi connectivity index (χ0n) is 17.2. The highest BCUT2D eigenvalue weighted by atomic mass is 16.5. The molecule has 0 saturated carbocycles. The number of aromatic nitrogens is 4. The van der Waals surface area contributed by atoms with Crippen LogP contribution in [0.25, 0.3) is 16.9 Å². The van der Waals surface area contributed by atoms with Gasteiger partial charge in [-0.05, 0) is 47.4 Å². The predicted molar refractivity (Wildman–Crippen MR) is 115 cm³/mol. The molecule has 0 saturated heterocycles. The summed E-state index contributed by atoms with van der Waals surface area (Å²) in [5.41, 5.74) is 4.28. The average molecular weight is 401 g/mol. The molecule has 30 heavy (non-hydrogen) atoms. The molecule has 2 heterocycles. The van der Waals surface area contributed by atoms with Crippen molar-refractivity contribution in [2.45, 2.75) is 26.2 Å². The highest BCUT2D eigenvalue weighted by Gasteiger charge is 2.13. The third-order valence-corrected chi connectivity index (χ3v) is 4.69. The van der Waals surface area contributed by atoms with Crippen LogP contribution in [0.1, 0.15) is 26.3 Å². The maximum atomic E-state index is 12.3.